The van der Waals surface area contributed by atoms with Gasteiger partial charge >= 0.3 is 0 Å². The number of rotatable bonds is 15. The number of amides is 1. The molecule has 0 saturated carbocycles. The van der Waals surface area contributed by atoms with Crippen molar-refractivity contribution >= 4 is 23.7 Å². The Hall–Kier alpha value is -2.28. The molecular weight excluding hydrogens is 462 g/mol. The van der Waals surface area contributed by atoms with Crippen LogP contribution in [0.3, 0.4) is 0 Å². The number of hydrogen-bond donors (Lipinski definition) is 4. The van der Waals surface area contributed by atoms with Crippen LogP contribution in [0.5, 0.6) is 11.5 Å². The monoisotopic (exact) mass is 501 g/mol. The lowest BCUT2D eigenvalue weighted by Crippen LogP contribution is -2.40. The summed E-state index contributed by atoms with van der Waals surface area (Å²) in [5, 5.41) is 26.1. The minimum atomic E-state index is 0.135. The van der Waals surface area contributed by atoms with Crippen molar-refractivity contribution in [3.05, 3.63) is 52.0 Å². The molecule has 6 nitrogen and oxygen atoms in total. The summed E-state index contributed by atoms with van der Waals surface area (Å²) in [6.45, 7) is 6.41. The van der Waals surface area contributed by atoms with Crippen molar-refractivity contribution in [2.75, 3.05) is 31.5 Å². The number of nitrogens with one attached hydrogen (secondary N) is 2. The summed E-state index contributed by atoms with van der Waals surface area (Å²) in [6.07, 6.45) is 10.6. The summed E-state index contributed by atoms with van der Waals surface area (Å²) in [7, 11) is 0. The lowest BCUT2D eigenvalue weighted by molar-refractivity contribution is -0.105. The smallest absolute Gasteiger partial charge is 0.211 e. The van der Waals surface area contributed by atoms with Gasteiger partial charge < -0.3 is 25.7 Å². The van der Waals surface area contributed by atoms with Gasteiger partial charge in [0.25, 0.3) is 0 Å². The van der Waals surface area contributed by atoms with Gasteiger partial charge in [-0.3, -0.25) is 4.79 Å². The molecule has 1 aliphatic carbocycles. The first-order valence-electron chi connectivity index (χ1n) is 13.0. The van der Waals surface area contributed by atoms with E-state index in [1.807, 2.05) is 24.3 Å². The van der Waals surface area contributed by atoms with Crippen molar-refractivity contribution in [3.8, 4) is 11.5 Å². The summed E-state index contributed by atoms with van der Waals surface area (Å²) >= 11 is 5.97. The van der Waals surface area contributed by atoms with Crippen LogP contribution in [0.1, 0.15) is 62.1 Å². The van der Waals surface area contributed by atoms with Crippen molar-refractivity contribution in [1.82, 2.24) is 10.2 Å². The van der Waals surface area contributed by atoms with Gasteiger partial charge in [0.2, 0.25) is 6.41 Å². The van der Waals surface area contributed by atoms with Gasteiger partial charge in [-0.15, -0.1) is 0 Å². The molecule has 0 aliphatic heterocycles. The normalized spacial score (nSPS) is 15.2. The van der Waals surface area contributed by atoms with Gasteiger partial charge in [0, 0.05) is 6.04 Å². The zero-order valence-corrected chi connectivity index (χ0v) is 21.6. The zero-order chi connectivity index (χ0) is 25.0. The van der Waals surface area contributed by atoms with E-state index in [-0.39, 0.29) is 11.5 Å². The van der Waals surface area contributed by atoms with Gasteiger partial charge in [-0.1, -0.05) is 37.4 Å². The fourth-order valence-corrected chi connectivity index (χ4v) is 5.22. The third kappa shape index (κ3) is 8.41. The lowest BCUT2D eigenvalue weighted by atomic mass is 9.86. The topological polar surface area (TPSA) is 84.8 Å². The number of phenolic OH excluding ortho intramolecular Hbond substituents is 2. The van der Waals surface area contributed by atoms with Crippen molar-refractivity contribution < 1.29 is 15.0 Å². The average molecular weight is 502 g/mol. The van der Waals surface area contributed by atoms with E-state index in [0.29, 0.717) is 23.2 Å². The standard InChI is InChI=1S/C28H40ClN3O3/c1-2-14-32(24-9-8-22-19-28(35)26(31-20-33)18-23(22)17-24)15-6-4-3-5-12-30-13-11-21-7-10-27(34)25(29)16-21/h7,10,16,18-20,24,30,34-35H,2-6,8-9,11-15,17H2,1H3,(H,31,33). The largest absolute Gasteiger partial charge is 0.506 e. The maximum Gasteiger partial charge on any atom is 0.211 e. The Bertz CT molecular complexity index is 953. The molecule has 3 rings (SSSR count). The highest BCUT2D eigenvalue weighted by Crippen LogP contribution is 2.33. The van der Waals surface area contributed by atoms with Crippen LogP contribution in [0.25, 0.3) is 0 Å². The highest BCUT2D eigenvalue weighted by Gasteiger charge is 2.24. The van der Waals surface area contributed by atoms with Crippen LogP contribution < -0.4 is 10.6 Å². The second-order valence-corrected chi connectivity index (χ2v) is 9.94. The number of unbranched alkanes of at least 4 members (excludes halogenated alkanes) is 3. The minimum Gasteiger partial charge on any atom is -0.506 e. The molecule has 35 heavy (non-hydrogen) atoms. The fraction of sp³-hybridized carbons (Fsp3) is 0.536. The summed E-state index contributed by atoms with van der Waals surface area (Å²) in [5.74, 6) is 0.287. The number of benzene rings is 2. The molecule has 192 valence electrons. The first-order valence-corrected chi connectivity index (χ1v) is 13.4. The minimum absolute atomic E-state index is 0.135. The molecule has 0 radical (unpaired) electrons. The molecule has 0 saturated heterocycles. The first kappa shape index (κ1) is 27.3. The van der Waals surface area contributed by atoms with Crippen molar-refractivity contribution in [2.24, 2.45) is 0 Å². The molecule has 4 N–H and O–H groups in total. The third-order valence-corrected chi connectivity index (χ3v) is 7.22. The fourth-order valence-electron chi connectivity index (χ4n) is 5.01. The Labute approximate surface area is 214 Å². The highest BCUT2D eigenvalue weighted by atomic mass is 35.5. The van der Waals surface area contributed by atoms with Crippen LogP contribution in [0.15, 0.2) is 30.3 Å². The van der Waals surface area contributed by atoms with Crippen LogP contribution in [0, 0.1) is 0 Å². The third-order valence-electron chi connectivity index (χ3n) is 6.91. The number of phenols is 2. The van der Waals surface area contributed by atoms with E-state index in [0.717, 1.165) is 63.8 Å². The molecule has 2 aromatic carbocycles. The number of aryl methyl sites for hydroxylation is 1. The Morgan fingerprint density at radius 2 is 1.86 bits per heavy atom. The number of anilines is 1. The SMILES string of the molecule is CCCN(CCCCCCNCCc1ccc(O)c(Cl)c1)C1CCc2cc(O)c(NC=O)cc2C1. The number of carbonyl (C=O) groups excluding carboxylic acids is 1. The first-order chi connectivity index (χ1) is 17.0. The van der Waals surface area contributed by atoms with E-state index in [9.17, 15) is 15.0 Å². The van der Waals surface area contributed by atoms with Crippen LogP contribution in [-0.4, -0.2) is 53.7 Å². The van der Waals surface area contributed by atoms with E-state index in [1.54, 1.807) is 6.07 Å². The predicted molar refractivity (Wildman–Crippen MR) is 144 cm³/mol. The van der Waals surface area contributed by atoms with Gasteiger partial charge in [0.1, 0.15) is 11.5 Å². The number of carbonyl (C=O) groups is 1. The number of nitrogens with zero attached hydrogens (tertiary/aromatic N) is 1. The Morgan fingerprint density at radius 3 is 2.63 bits per heavy atom. The Balaban J connectivity index is 1.34. The average Bonchev–Trinajstić information content (AvgIpc) is 2.85. The maximum atomic E-state index is 10.8. The molecule has 0 fully saturated rings. The van der Waals surface area contributed by atoms with Gasteiger partial charge in [-0.05, 0) is 112 Å². The van der Waals surface area contributed by atoms with Crippen molar-refractivity contribution in [2.45, 2.75) is 70.8 Å². The lowest BCUT2D eigenvalue weighted by Gasteiger charge is -2.35. The van der Waals surface area contributed by atoms with E-state index >= 15 is 0 Å². The van der Waals surface area contributed by atoms with Crippen molar-refractivity contribution in [3.63, 3.8) is 0 Å². The van der Waals surface area contributed by atoms with E-state index in [4.69, 9.17) is 11.6 Å². The van der Waals surface area contributed by atoms with Gasteiger partial charge in [-0.2, -0.15) is 0 Å². The number of hydrogen-bond acceptors (Lipinski definition) is 5. The molecule has 0 aromatic heterocycles. The van der Waals surface area contributed by atoms with Gasteiger partial charge in [0.15, 0.2) is 0 Å². The molecule has 0 bridgehead atoms. The zero-order valence-electron chi connectivity index (χ0n) is 20.9. The number of aromatic hydroxyl groups is 2. The van der Waals surface area contributed by atoms with Crippen LogP contribution in [0.4, 0.5) is 5.69 Å². The molecule has 1 aliphatic rings. The molecule has 7 heteroatoms. The quantitative estimate of drug-likeness (QED) is 0.151. The second kappa shape index (κ2) is 14.3. The van der Waals surface area contributed by atoms with Crippen LogP contribution in [0.2, 0.25) is 5.02 Å². The predicted octanol–water partition coefficient (Wildman–Crippen LogP) is 5.28. The summed E-state index contributed by atoms with van der Waals surface area (Å²) < 4.78 is 0. The Morgan fingerprint density at radius 1 is 1.03 bits per heavy atom. The second-order valence-electron chi connectivity index (χ2n) is 9.53. The van der Waals surface area contributed by atoms with E-state index < -0.39 is 0 Å². The highest BCUT2D eigenvalue weighted by molar-refractivity contribution is 6.32. The van der Waals surface area contributed by atoms with Crippen molar-refractivity contribution in [1.29, 1.82) is 0 Å². The van der Waals surface area contributed by atoms with Gasteiger partial charge in [0.05, 0.1) is 10.7 Å². The summed E-state index contributed by atoms with van der Waals surface area (Å²) in [4.78, 5) is 13.5. The van der Waals surface area contributed by atoms with Crippen LogP contribution in [-0.2, 0) is 24.1 Å². The Kier molecular flexibility index (Phi) is 11.2. The summed E-state index contributed by atoms with van der Waals surface area (Å²) in [5.41, 5.74) is 4.08. The van der Waals surface area contributed by atoms with Crippen LogP contribution >= 0.6 is 11.6 Å². The maximum absolute atomic E-state index is 10.8. The molecular formula is C28H40ClN3O3. The van der Waals surface area contributed by atoms with E-state index in [2.05, 4.69) is 22.5 Å². The molecule has 1 unspecified atom stereocenters. The molecule has 0 heterocycles. The number of fused-ring (bicyclic) bond motifs is 1. The van der Waals surface area contributed by atoms with Gasteiger partial charge in [-0.25, -0.2) is 0 Å². The molecule has 2 aromatic rings. The van der Waals surface area contributed by atoms with E-state index in [1.165, 1.54) is 36.8 Å². The molecule has 1 amide bonds. The molecule has 0 spiro atoms. The summed E-state index contributed by atoms with van der Waals surface area (Å²) in [6, 6.07) is 9.68. The molecule has 1 atom stereocenters. The number of halogens is 1.